The van der Waals surface area contributed by atoms with Gasteiger partial charge in [-0.2, -0.15) is 39.5 Å². The van der Waals surface area contributed by atoms with E-state index in [9.17, 15) is 44.3 Å². The number of aliphatic carboxylic acids is 1. The summed E-state index contributed by atoms with van der Waals surface area (Å²) in [5.41, 5.74) is -2.67. The SMILES string of the molecule is COc1ccc(C23CCC(NC(=O)Nc4cc(C(F)(F)F)cc(C(F)(F)F)c4)CC2N(C)CC3)cc1OC.O=C(O)C(F)(F)F. The van der Waals surface area contributed by atoms with Gasteiger partial charge in [-0.25, -0.2) is 9.59 Å². The first-order chi connectivity index (χ1) is 20.7. The number of likely N-dealkylation sites (N-methyl/N-ethyl adjacent to an activating group) is 1. The Bertz CT molecular complexity index is 1350. The molecule has 45 heavy (non-hydrogen) atoms. The maximum atomic E-state index is 13.2. The van der Waals surface area contributed by atoms with Gasteiger partial charge in [0.05, 0.1) is 25.3 Å². The van der Waals surface area contributed by atoms with Crippen LogP contribution in [-0.2, 0) is 22.6 Å². The van der Waals surface area contributed by atoms with Crippen molar-refractivity contribution in [3.8, 4) is 11.5 Å². The van der Waals surface area contributed by atoms with E-state index in [1.165, 1.54) is 0 Å². The number of alkyl halides is 9. The van der Waals surface area contributed by atoms with E-state index >= 15 is 0 Å². The van der Waals surface area contributed by atoms with E-state index in [-0.39, 0.29) is 23.6 Å². The lowest BCUT2D eigenvalue weighted by atomic mass is 9.65. The van der Waals surface area contributed by atoms with Crippen molar-refractivity contribution in [3.05, 3.63) is 53.1 Å². The normalized spacial score (nSPS) is 22.0. The molecule has 1 aliphatic heterocycles. The van der Waals surface area contributed by atoms with Crippen molar-refractivity contribution in [2.24, 2.45) is 0 Å². The van der Waals surface area contributed by atoms with Crippen LogP contribution in [0.25, 0.3) is 0 Å². The summed E-state index contributed by atoms with van der Waals surface area (Å²) in [4.78, 5) is 23.8. The minimum Gasteiger partial charge on any atom is -0.493 e. The van der Waals surface area contributed by atoms with Crippen LogP contribution < -0.4 is 20.1 Å². The number of hydrogen-bond acceptors (Lipinski definition) is 5. The minimum atomic E-state index is -5.08. The van der Waals surface area contributed by atoms with Crippen molar-refractivity contribution in [3.63, 3.8) is 0 Å². The number of urea groups is 1. The Morgan fingerprint density at radius 1 is 0.889 bits per heavy atom. The van der Waals surface area contributed by atoms with E-state index in [0.717, 1.165) is 24.9 Å². The fourth-order valence-electron chi connectivity index (χ4n) is 5.77. The average Bonchev–Trinajstić information content (AvgIpc) is 3.28. The van der Waals surface area contributed by atoms with E-state index in [1.54, 1.807) is 14.2 Å². The van der Waals surface area contributed by atoms with Crippen LogP contribution >= 0.6 is 0 Å². The van der Waals surface area contributed by atoms with E-state index in [0.29, 0.717) is 36.5 Å². The van der Waals surface area contributed by atoms with Gasteiger partial charge in [0.1, 0.15) is 0 Å². The number of nitrogens with zero attached hydrogens (tertiary/aromatic N) is 1. The van der Waals surface area contributed by atoms with E-state index < -0.39 is 47.3 Å². The molecule has 2 fully saturated rings. The molecule has 3 N–H and O–H groups in total. The molecule has 3 atom stereocenters. The van der Waals surface area contributed by atoms with E-state index in [2.05, 4.69) is 15.5 Å². The van der Waals surface area contributed by atoms with Gasteiger partial charge in [-0.05, 0) is 75.2 Å². The number of amides is 2. The second-order valence-electron chi connectivity index (χ2n) is 10.6. The lowest BCUT2D eigenvalue weighted by Crippen LogP contribution is -2.52. The molecular formula is C28H30F9N3O5. The van der Waals surface area contributed by atoms with Crippen molar-refractivity contribution in [1.29, 1.82) is 0 Å². The summed E-state index contributed by atoms with van der Waals surface area (Å²) in [6.45, 7) is 0.836. The molecule has 3 unspecified atom stereocenters. The Morgan fingerprint density at radius 2 is 1.44 bits per heavy atom. The van der Waals surface area contributed by atoms with Crippen molar-refractivity contribution < 1.29 is 63.7 Å². The average molecular weight is 660 g/mol. The Morgan fingerprint density at radius 3 is 1.93 bits per heavy atom. The first-order valence-corrected chi connectivity index (χ1v) is 13.3. The second kappa shape index (κ2) is 13.2. The zero-order chi connectivity index (χ0) is 34.0. The lowest BCUT2D eigenvalue weighted by Gasteiger charge is -2.45. The Kier molecular flexibility index (Phi) is 10.5. The van der Waals surface area contributed by atoms with Crippen LogP contribution in [0.3, 0.4) is 0 Å². The molecule has 4 rings (SSSR count). The topological polar surface area (TPSA) is 100 Å². The van der Waals surface area contributed by atoms with Crippen LogP contribution in [0, 0.1) is 0 Å². The first-order valence-electron chi connectivity index (χ1n) is 13.3. The number of hydrogen-bond donors (Lipinski definition) is 3. The van der Waals surface area contributed by atoms with E-state index in [1.807, 2.05) is 25.2 Å². The molecule has 2 aliphatic rings. The zero-order valence-electron chi connectivity index (χ0n) is 24.1. The Balaban J connectivity index is 0.000000707. The third kappa shape index (κ3) is 8.43. The predicted molar refractivity (Wildman–Crippen MR) is 142 cm³/mol. The summed E-state index contributed by atoms with van der Waals surface area (Å²) in [5, 5.41) is 12.0. The van der Waals surface area contributed by atoms with Gasteiger partial charge in [0, 0.05) is 23.2 Å². The predicted octanol–water partition coefficient (Wildman–Crippen LogP) is 6.69. The molecule has 8 nitrogen and oxygen atoms in total. The fourth-order valence-corrected chi connectivity index (χ4v) is 5.77. The number of halogens is 9. The van der Waals surface area contributed by atoms with Crippen LogP contribution in [-0.4, -0.2) is 68.1 Å². The van der Waals surface area contributed by atoms with Gasteiger partial charge in [0.2, 0.25) is 0 Å². The largest absolute Gasteiger partial charge is 0.493 e. The monoisotopic (exact) mass is 659 g/mol. The summed E-state index contributed by atoms with van der Waals surface area (Å²) >= 11 is 0. The molecular weight excluding hydrogens is 629 g/mol. The van der Waals surface area contributed by atoms with Gasteiger partial charge in [0.25, 0.3) is 0 Å². The molecule has 1 saturated heterocycles. The van der Waals surface area contributed by atoms with Crippen molar-refractivity contribution in [1.82, 2.24) is 10.2 Å². The Hall–Kier alpha value is -3.89. The van der Waals surface area contributed by atoms with Gasteiger partial charge in [-0.1, -0.05) is 6.07 Å². The number of anilines is 1. The number of carboxylic acid groups (broad SMARTS) is 1. The molecule has 0 radical (unpaired) electrons. The van der Waals surface area contributed by atoms with Crippen molar-refractivity contribution in [2.45, 2.75) is 61.7 Å². The maximum absolute atomic E-state index is 13.2. The van der Waals surface area contributed by atoms with Gasteiger partial charge in [-0.3, -0.25) is 0 Å². The van der Waals surface area contributed by atoms with Crippen LogP contribution in [0.15, 0.2) is 36.4 Å². The summed E-state index contributed by atoms with van der Waals surface area (Å²) in [7, 11) is 5.13. The molecule has 17 heteroatoms. The Labute approximate surface area is 251 Å². The number of carbonyl (C=O) groups is 2. The van der Waals surface area contributed by atoms with Gasteiger partial charge >= 0.3 is 30.5 Å². The maximum Gasteiger partial charge on any atom is 0.490 e. The summed E-state index contributed by atoms with van der Waals surface area (Å²) in [6.07, 6.45) is -12.3. The molecule has 2 aromatic carbocycles. The molecule has 0 spiro atoms. The minimum absolute atomic E-state index is 0.0217. The van der Waals surface area contributed by atoms with Crippen molar-refractivity contribution in [2.75, 3.05) is 33.1 Å². The number of benzene rings is 2. The smallest absolute Gasteiger partial charge is 0.490 e. The summed E-state index contributed by atoms with van der Waals surface area (Å²) in [6, 6.07) is 5.73. The standard InChI is InChI=1S/C26H29F6N3O3.C2HF3O2/c1-35-9-8-24(15-4-5-20(37-2)21(13-15)38-3)7-6-18(14-22(24)35)33-23(36)34-19-11-16(25(27,28)29)10-17(12-19)26(30,31)32;3-2(4,5)1(6)7/h4-5,10-13,18,22H,6-9,14H2,1-3H3,(H2,33,34,36);(H,6,7). The number of fused-ring (bicyclic) bond motifs is 1. The molecule has 1 heterocycles. The quantitative estimate of drug-likeness (QED) is 0.310. The van der Waals surface area contributed by atoms with Gasteiger partial charge < -0.3 is 30.1 Å². The first kappa shape index (κ1) is 35.6. The van der Waals surface area contributed by atoms with Crippen LogP contribution in [0.5, 0.6) is 11.5 Å². The number of rotatable bonds is 5. The summed E-state index contributed by atoms with van der Waals surface area (Å²) < 4.78 is 122. The van der Waals surface area contributed by atoms with Crippen LogP contribution in [0.2, 0.25) is 0 Å². The zero-order valence-corrected chi connectivity index (χ0v) is 24.1. The molecule has 1 aliphatic carbocycles. The van der Waals surface area contributed by atoms with E-state index in [4.69, 9.17) is 19.4 Å². The third-order valence-electron chi connectivity index (χ3n) is 7.91. The molecule has 0 aromatic heterocycles. The molecule has 1 saturated carbocycles. The number of methoxy groups -OCH3 is 2. The number of likely N-dealkylation sites (tertiary alicyclic amines) is 1. The molecule has 0 bridgehead atoms. The number of nitrogens with one attached hydrogen (secondary N) is 2. The van der Waals surface area contributed by atoms with Crippen LogP contribution in [0.4, 0.5) is 50.0 Å². The second-order valence-corrected chi connectivity index (χ2v) is 10.6. The third-order valence-corrected chi connectivity index (χ3v) is 7.91. The highest BCUT2D eigenvalue weighted by Gasteiger charge is 2.50. The number of ether oxygens (including phenoxy) is 2. The highest BCUT2D eigenvalue weighted by molar-refractivity contribution is 5.89. The number of carboxylic acids is 1. The summed E-state index contributed by atoms with van der Waals surface area (Å²) in [5.74, 6) is -1.52. The highest BCUT2D eigenvalue weighted by Crippen LogP contribution is 2.50. The van der Waals surface area contributed by atoms with Crippen molar-refractivity contribution >= 4 is 17.7 Å². The highest BCUT2D eigenvalue weighted by atomic mass is 19.4. The molecule has 2 amide bonds. The van der Waals surface area contributed by atoms with Crippen LogP contribution in [0.1, 0.15) is 42.4 Å². The fraction of sp³-hybridized carbons (Fsp3) is 0.500. The van der Waals surface area contributed by atoms with Gasteiger partial charge in [-0.15, -0.1) is 0 Å². The molecule has 2 aromatic rings. The van der Waals surface area contributed by atoms with Gasteiger partial charge in [0.15, 0.2) is 11.5 Å². The number of carbonyl (C=O) groups excluding carboxylic acids is 1. The molecule has 250 valence electrons. The lowest BCUT2D eigenvalue weighted by molar-refractivity contribution is -0.192.